The van der Waals surface area contributed by atoms with Crippen molar-refractivity contribution in [3.8, 4) is 0 Å². The van der Waals surface area contributed by atoms with E-state index in [0.29, 0.717) is 6.42 Å². The van der Waals surface area contributed by atoms with Gasteiger partial charge in [0.05, 0.1) is 0 Å². The van der Waals surface area contributed by atoms with E-state index in [1.54, 1.807) is 6.08 Å². The highest BCUT2D eigenvalue weighted by Gasteiger charge is 2.12. The zero-order chi connectivity index (χ0) is 16.8. The Labute approximate surface area is 144 Å². The van der Waals surface area contributed by atoms with Crippen molar-refractivity contribution in [1.29, 1.82) is 0 Å². The molecular formula is C22H24FN. The second-order valence-corrected chi connectivity index (χ2v) is 6.51. The summed E-state index contributed by atoms with van der Waals surface area (Å²) < 4.78 is 13.3. The van der Waals surface area contributed by atoms with Gasteiger partial charge in [-0.1, -0.05) is 78.4 Å². The molecule has 0 saturated heterocycles. The van der Waals surface area contributed by atoms with Gasteiger partial charge in [0.15, 0.2) is 0 Å². The number of nitrogens with zero attached hydrogens (tertiary/aromatic N) is 1. The SMILES string of the molecule is Cc1ccc(CN(CC2=CCC(F)C=C2)Cc2ccccc2)cc1. The van der Waals surface area contributed by atoms with Gasteiger partial charge >= 0.3 is 0 Å². The second kappa shape index (κ2) is 8.07. The maximum Gasteiger partial charge on any atom is 0.122 e. The largest absolute Gasteiger partial charge is 0.291 e. The number of benzene rings is 2. The number of hydrogen-bond acceptors (Lipinski definition) is 1. The van der Waals surface area contributed by atoms with E-state index < -0.39 is 6.17 Å². The van der Waals surface area contributed by atoms with Crippen molar-refractivity contribution in [2.45, 2.75) is 32.6 Å². The van der Waals surface area contributed by atoms with Crippen molar-refractivity contribution in [2.75, 3.05) is 6.54 Å². The third kappa shape index (κ3) is 4.90. The molecule has 0 saturated carbocycles. The van der Waals surface area contributed by atoms with Crippen LogP contribution in [0.4, 0.5) is 4.39 Å². The monoisotopic (exact) mass is 321 g/mol. The molecule has 0 N–H and O–H groups in total. The van der Waals surface area contributed by atoms with Crippen molar-refractivity contribution in [3.05, 3.63) is 95.1 Å². The van der Waals surface area contributed by atoms with Gasteiger partial charge in [-0.05, 0) is 23.6 Å². The molecule has 3 rings (SSSR count). The molecule has 2 aromatic rings. The van der Waals surface area contributed by atoms with Gasteiger partial charge in [0.25, 0.3) is 0 Å². The Kier molecular flexibility index (Phi) is 5.60. The average Bonchev–Trinajstić information content (AvgIpc) is 2.60. The lowest BCUT2D eigenvalue weighted by molar-refractivity contribution is 0.280. The first-order valence-electron chi connectivity index (χ1n) is 8.52. The molecular weight excluding hydrogens is 297 g/mol. The molecule has 124 valence electrons. The minimum absolute atomic E-state index is 0.496. The van der Waals surface area contributed by atoms with E-state index in [9.17, 15) is 4.39 Å². The summed E-state index contributed by atoms with van der Waals surface area (Å²) in [6, 6.07) is 19.2. The predicted molar refractivity (Wildman–Crippen MR) is 98.5 cm³/mol. The average molecular weight is 321 g/mol. The molecule has 1 aliphatic carbocycles. The van der Waals surface area contributed by atoms with Crippen molar-refractivity contribution < 1.29 is 4.39 Å². The van der Waals surface area contributed by atoms with Crippen LogP contribution in [-0.4, -0.2) is 17.6 Å². The quantitative estimate of drug-likeness (QED) is 0.705. The number of hydrogen-bond donors (Lipinski definition) is 0. The van der Waals surface area contributed by atoms with E-state index in [0.717, 1.165) is 19.6 Å². The number of aryl methyl sites for hydroxylation is 1. The fraction of sp³-hybridized carbons (Fsp3) is 0.273. The molecule has 2 heteroatoms. The Morgan fingerprint density at radius 2 is 1.58 bits per heavy atom. The minimum Gasteiger partial charge on any atom is -0.291 e. The van der Waals surface area contributed by atoms with Crippen molar-refractivity contribution in [2.24, 2.45) is 0 Å². The van der Waals surface area contributed by atoms with E-state index in [4.69, 9.17) is 0 Å². The minimum atomic E-state index is -0.826. The maximum absolute atomic E-state index is 13.3. The van der Waals surface area contributed by atoms with Crippen LogP contribution < -0.4 is 0 Å². The maximum atomic E-state index is 13.3. The first-order chi connectivity index (χ1) is 11.7. The molecule has 1 unspecified atom stereocenters. The molecule has 0 bridgehead atoms. The Balaban J connectivity index is 1.72. The van der Waals surface area contributed by atoms with E-state index in [-0.39, 0.29) is 0 Å². The lowest BCUT2D eigenvalue weighted by Gasteiger charge is -2.24. The third-order valence-corrected chi connectivity index (χ3v) is 4.31. The van der Waals surface area contributed by atoms with Crippen molar-refractivity contribution in [1.82, 2.24) is 4.90 Å². The molecule has 0 fully saturated rings. The molecule has 0 spiro atoms. The lowest BCUT2D eigenvalue weighted by Crippen LogP contribution is -2.25. The van der Waals surface area contributed by atoms with E-state index in [1.807, 2.05) is 18.2 Å². The van der Waals surface area contributed by atoms with E-state index in [2.05, 4.69) is 60.4 Å². The molecule has 24 heavy (non-hydrogen) atoms. The highest BCUT2D eigenvalue weighted by atomic mass is 19.1. The molecule has 0 amide bonds. The normalized spacial score (nSPS) is 17.1. The van der Waals surface area contributed by atoms with Gasteiger partial charge in [-0.2, -0.15) is 0 Å². The summed E-state index contributed by atoms with van der Waals surface area (Å²) in [6.07, 6.45) is 5.30. The first-order valence-corrected chi connectivity index (χ1v) is 8.52. The molecule has 1 nitrogen and oxygen atoms in total. The summed E-state index contributed by atoms with van der Waals surface area (Å²) in [4.78, 5) is 2.41. The zero-order valence-corrected chi connectivity index (χ0v) is 14.2. The number of allylic oxidation sites excluding steroid dienone is 2. The molecule has 0 aromatic heterocycles. The summed E-state index contributed by atoms with van der Waals surface area (Å²) >= 11 is 0. The summed E-state index contributed by atoms with van der Waals surface area (Å²) in [5, 5.41) is 0. The predicted octanol–water partition coefficient (Wildman–Crippen LogP) is 5.22. The summed E-state index contributed by atoms with van der Waals surface area (Å²) in [5.41, 5.74) is 5.08. The van der Waals surface area contributed by atoms with Crippen LogP contribution in [0.25, 0.3) is 0 Å². The van der Waals surface area contributed by atoms with E-state index >= 15 is 0 Å². The third-order valence-electron chi connectivity index (χ3n) is 4.31. The van der Waals surface area contributed by atoms with Crippen LogP contribution in [0.3, 0.4) is 0 Å². The van der Waals surface area contributed by atoms with Crippen molar-refractivity contribution in [3.63, 3.8) is 0 Å². The Morgan fingerprint density at radius 1 is 0.917 bits per heavy atom. The van der Waals surface area contributed by atoms with Gasteiger partial charge in [0, 0.05) is 26.1 Å². The lowest BCUT2D eigenvalue weighted by atomic mass is 10.0. The fourth-order valence-electron chi connectivity index (χ4n) is 2.98. The molecule has 2 aromatic carbocycles. The second-order valence-electron chi connectivity index (χ2n) is 6.51. The van der Waals surface area contributed by atoms with Crippen LogP contribution in [0.1, 0.15) is 23.1 Å². The topological polar surface area (TPSA) is 3.24 Å². The molecule has 0 aliphatic heterocycles. The summed E-state index contributed by atoms with van der Waals surface area (Å²) in [6.45, 7) is 4.72. The number of halogens is 1. The molecule has 0 radical (unpaired) electrons. The highest BCUT2D eigenvalue weighted by molar-refractivity contribution is 5.27. The van der Waals surface area contributed by atoms with Crippen LogP contribution in [0.5, 0.6) is 0 Å². The van der Waals surface area contributed by atoms with E-state index in [1.165, 1.54) is 22.3 Å². The molecule has 0 heterocycles. The van der Waals surface area contributed by atoms with Crippen molar-refractivity contribution >= 4 is 0 Å². The number of alkyl halides is 1. The van der Waals surface area contributed by atoms with Gasteiger partial charge in [0.2, 0.25) is 0 Å². The smallest absolute Gasteiger partial charge is 0.122 e. The van der Waals surface area contributed by atoms with Gasteiger partial charge < -0.3 is 0 Å². The van der Waals surface area contributed by atoms with Gasteiger partial charge in [-0.15, -0.1) is 0 Å². The van der Waals surface area contributed by atoms with Gasteiger partial charge in [0.1, 0.15) is 6.17 Å². The number of rotatable bonds is 6. The zero-order valence-electron chi connectivity index (χ0n) is 14.2. The molecule has 1 aliphatic rings. The van der Waals surface area contributed by atoms with Crippen LogP contribution in [0.2, 0.25) is 0 Å². The Morgan fingerprint density at radius 3 is 2.21 bits per heavy atom. The summed E-state index contributed by atoms with van der Waals surface area (Å²) in [5.74, 6) is 0. The van der Waals surface area contributed by atoms with Crippen LogP contribution in [0.15, 0.2) is 78.4 Å². The van der Waals surface area contributed by atoms with Crippen LogP contribution in [0, 0.1) is 6.92 Å². The highest BCUT2D eigenvalue weighted by Crippen LogP contribution is 2.17. The van der Waals surface area contributed by atoms with Gasteiger partial charge in [-0.25, -0.2) is 4.39 Å². The first kappa shape index (κ1) is 16.7. The van der Waals surface area contributed by atoms with Gasteiger partial charge in [-0.3, -0.25) is 4.90 Å². The Hall–Kier alpha value is -2.19. The van der Waals surface area contributed by atoms with Crippen LogP contribution in [-0.2, 0) is 13.1 Å². The molecule has 1 atom stereocenters. The Bertz CT molecular complexity index is 701. The summed E-state index contributed by atoms with van der Waals surface area (Å²) in [7, 11) is 0. The fourth-order valence-corrected chi connectivity index (χ4v) is 2.98. The van der Waals surface area contributed by atoms with Crippen LogP contribution >= 0.6 is 0 Å². The standard InChI is InChI=1S/C22H24FN/c1-18-7-9-20(10-8-18)16-24(15-19-5-3-2-4-6-19)17-21-11-13-22(23)14-12-21/h2-13,22H,14-17H2,1H3.